The molecule has 1 aliphatic rings. The number of aromatic nitrogens is 4. The van der Waals surface area contributed by atoms with Crippen molar-refractivity contribution in [2.45, 2.75) is 11.3 Å². The summed E-state index contributed by atoms with van der Waals surface area (Å²) in [5.74, 6) is 0.567. The Balaban J connectivity index is 1.41. The molecule has 0 spiro atoms. The molecule has 0 saturated carbocycles. The lowest BCUT2D eigenvalue weighted by molar-refractivity contribution is -0.910. The molecule has 3 N–H and O–H groups in total. The number of nitrogens with one attached hydrogen (secondary N) is 2. The number of fused-ring (bicyclic) bond motifs is 3. The van der Waals surface area contributed by atoms with E-state index in [0.29, 0.717) is 10.9 Å². The highest BCUT2D eigenvalue weighted by Crippen LogP contribution is 2.23. The number of thioether (sulfide) groups is 1. The number of aromatic amines is 1. The van der Waals surface area contributed by atoms with Crippen LogP contribution in [-0.4, -0.2) is 70.0 Å². The zero-order valence-corrected chi connectivity index (χ0v) is 14.1. The highest BCUT2D eigenvalue weighted by Gasteiger charge is 2.19. The third-order valence-corrected chi connectivity index (χ3v) is 5.21. The Morgan fingerprint density at radius 3 is 2.96 bits per heavy atom. The third kappa shape index (κ3) is 3.36. The second-order valence-electron chi connectivity index (χ2n) is 5.99. The molecule has 24 heavy (non-hydrogen) atoms. The molecule has 1 atom stereocenters. The van der Waals surface area contributed by atoms with Gasteiger partial charge in [-0.2, -0.15) is 0 Å². The van der Waals surface area contributed by atoms with Crippen LogP contribution < -0.4 is 4.90 Å². The van der Waals surface area contributed by atoms with E-state index in [9.17, 15) is 5.11 Å². The van der Waals surface area contributed by atoms with Gasteiger partial charge in [0.25, 0.3) is 0 Å². The topological polar surface area (TPSA) is 88.4 Å². The van der Waals surface area contributed by atoms with Crippen molar-refractivity contribution in [2.75, 3.05) is 38.6 Å². The first-order chi connectivity index (χ1) is 11.8. The van der Waals surface area contributed by atoms with E-state index in [1.54, 1.807) is 0 Å². The molecule has 0 radical (unpaired) electrons. The van der Waals surface area contributed by atoms with Gasteiger partial charge < -0.3 is 19.7 Å². The molecule has 7 nitrogen and oxygen atoms in total. The molecule has 1 aromatic carbocycles. The summed E-state index contributed by atoms with van der Waals surface area (Å²) in [5.41, 5.74) is 2.53. The van der Waals surface area contributed by atoms with Gasteiger partial charge in [-0.15, -0.1) is 10.2 Å². The Bertz CT molecular complexity index is 834. The van der Waals surface area contributed by atoms with Crippen molar-refractivity contribution in [2.24, 2.45) is 0 Å². The number of ether oxygens (including phenoxy) is 1. The first-order valence-corrected chi connectivity index (χ1v) is 9.11. The predicted molar refractivity (Wildman–Crippen MR) is 92.3 cm³/mol. The number of hydrogen-bond acceptors (Lipinski definition) is 6. The number of hydrogen-bond donors (Lipinski definition) is 3. The average molecular weight is 346 g/mol. The summed E-state index contributed by atoms with van der Waals surface area (Å²) < 4.78 is 5.34. The Morgan fingerprint density at radius 1 is 1.25 bits per heavy atom. The maximum Gasteiger partial charge on any atom is 0.211 e. The minimum absolute atomic E-state index is 0.384. The number of benzene rings is 1. The van der Waals surface area contributed by atoms with Gasteiger partial charge in [0.05, 0.1) is 13.2 Å². The predicted octanol–water partition coefficient (Wildman–Crippen LogP) is -0.126. The van der Waals surface area contributed by atoms with E-state index >= 15 is 0 Å². The Morgan fingerprint density at radius 2 is 2.08 bits per heavy atom. The third-order valence-electron chi connectivity index (χ3n) is 4.23. The fraction of sp³-hybridized carbons (Fsp3) is 0.438. The van der Waals surface area contributed by atoms with Crippen LogP contribution in [0, 0.1) is 0 Å². The van der Waals surface area contributed by atoms with Crippen molar-refractivity contribution >= 4 is 33.8 Å². The fourth-order valence-corrected chi connectivity index (χ4v) is 3.71. The molecule has 1 fully saturated rings. The molecule has 0 amide bonds. The monoisotopic (exact) mass is 346 g/mol. The summed E-state index contributed by atoms with van der Waals surface area (Å²) in [5, 5.41) is 20.3. The molecule has 0 bridgehead atoms. The van der Waals surface area contributed by atoms with Gasteiger partial charge in [0.15, 0.2) is 5.65 Å². The van der Waals surface area contributed by atoms with Crippen LogP contribution in [-0.2, 0) is 4.74 Å². The summed E-state index contributed by atoms with van der Waals surface area (Å²) in [6.07, 6.45) is -0.384. The van der Waals surface area contributed by atoms with Crippen molar-refractivity contribution < 1.29 is 14.7 Å². The molecule has 4 rings (SSSR count). The standard InChI is InChI=1S/C16H19N5O2S/c22-11(9-21-5-7-23-8-6-21)10-24-16-18-15-14(19-20-16)12-3-1-2-4-13(12)17-15/h1-4,11,22H,5-10H2,(H,17,18,20)/p+1/t11-/m0/s1. The molecule has 2 aromatic heterocycles. The highest BCUT2D eigenvalue weighted by atomic mass is 32.2. The van der Waals surface area contributed by atoms with Crippen molar-refractivity contribution in [3.05, 3.63) is 24.3 Å². The van der Waals surface area contributed by atoms with Gasteiger partial charge in [-0.3, -0.25) is 0 Å². The fourth-order valence-electron chi connectivity index (χ4n) is 2.99. The molecule has 3 heterocycles. The molecular weight excluding hydrogens is 326 g/mol. The zero-order valence-electron chi connectivity index (χ0n) is 13.2. The van der Waals surface area contributed by atoms with Crippen LogP contribution in [0.1, 0.15) is 0 Å². The van der Waals surface area contributed by atoms with Gasteiger partial charge in [0, 0.05) is 16.7 Å². The number of quaternary nitrogens is 1. The van der Waals surface area contributed by atoms with Crippen LogP contribution in [0.25, 0.3) is 22.1 Å². The van der Waals surface area contributed by atoms with Gasteiger partial charge in [0.2, 0.25) is 5.16 Å². The molecule has 126 valence electrons. The summed E-state index contributed by atoms with van der Waals surface area (Å²) in [6, 6.07) is 7.96. The van der Waals surface area contributed by atoms with Crippen LogP contribution in [0.3, 0.4) is 0 Å². The van der Waals surface area contributed by atoms with Gasteiger partial charge in [-0.25, -0.2) is 4.98 Å². The summed E-state index contributed by atoms with van der Waals surface area (Å²) in [6.45, 7) is 4.21. The second-order valence-corrected chi connectivity index (χ2v) is 6.98. The van der Waals surface area contributed by atoms with Crippen molar-refractivity contribution in [1.82, 2.24) is 20.2 Å². The first kappa shape index (κ1) is 15.8. The molecular formula is C16H20N5O2S+. The normalized spacial score (nSPS) is 17.5. The number of nitrogens with zero attached hydrogens (tertiary/aromatic N) is 3. The average Bonchev–Trinajstić information content (AvgIpc) is 2.98. The van der Waals surface area contributed by atoms with Crippen molar-refractivity contribution in [1.29, 1.82) is 0 Å². The zero-order chi connectivity index (χ0) is 16.4. The lowest BCUT2D eigenvalue weighted by atomic mass is 10.2. The van der Waals surface area contributed by atoms with Crippen LogP contribution in [0.5, 0.6) is 0 Å². The highest BCUT2D eigenvalue weighted by molar-refractivity contribution is 7.99. The van der Waals surface area contributed by atoms with Crippen molar-refractivity contribution in [3.63, 3.8) is 0 Å². The number of para-hydroxylation sites is 1. The molecule has 3 aromatic rings. The van der Waals surface area contributed by atoms with Crippen LogP contribution in [0.15, 0.2) is 29.4 Å². The minimum atomic E-state index is -0.384. The maximum absolute atomic E-state index is 10.2. The number of aliphatic hydroxyl groups is 1. The maximum atomic E-state index is 10.2. The summed E-state index contributed by atoms with van der Waals surface area (Å²) >= 11 is 1.44. The van der Waals surface area contributed by atoms with E-state index in [1.165, 1.54) is 16.7 Å². The van der Waals surface area contributed by atoms with E-state index in [-0.39, 0.29) is 6.10 Å². The molecule has 0 unspecified atom stereocenters. The quantitative estimate of drug-likeness (QED) is 0.558. The number of aliphatic hydroxyl groups excluding tert-OH is 1. The Kier molecular flexibility index (Phi) is 4.61. The summed E-state index contributed by atoms with van der Waals surface area (Å²) in [7, 11) is 0. The van der Waals surface area contributed by atoms with Gasteiger partial charge >= 0.3 is 0 Å². The van der Waals surface area contributed by atoms with E-state index in [0.717, 1.165) is 54.9 Å². The van der Waals surface area contributed by atoms with Gasteiger partial charge in [-0.1, -0.05) is 30.0 Å². The SMILES string of the molecule is O[C@H](CSc1nnc2c(n1)[nH]c1ccccc12)C[NH+]1CCOCC1. The van der Waals surface area contributed by atoms with Gasteiger partial charge in [0.1, 0.15) is 31.3 Å². The van der Waals surface area contributed by atoms with Crippen LogP contribution >= 0.6 is 11.8 Å². The van der Waals surface area contributed by atoms with Crippen LogP contribution in [0.4, 0.5) is 0 Å². The van der Waals surface area contributed by atoms with E-state index in [2.05, 4.69) is 20.2 Å². The first-order valence-electron chi connectivity index (χ1n) is 8.13. The van der Waals surface area contributed by atoms with Crippen LogP contribution in [0.2, 0.25) is 0 Å². The second kappa shape index (κ2) is 7.02. The lowest BCUT2D eigenvalue weighted by Crippen LogP contribution is -3.15. The van der Waals surface area contributed by atoms with E-state index < -0.39 is 0 Å². The van der Waals surface area contributed by atoms with E-state index in [4.69, 9.17) is 4.74 Å². The number of morpholine rings is 1. The Hall–Kier alpha value is -1.74. The van der Waals surface area contributed by atoms with E-state index in [1.807, 2.05) is 24.3 Å². The lowest BCUT2D eigenvalue weighted by Gasteiger charge is -2.25. The summed E-state index contributed by atoms with van der Waals surface area (Å²) in [4.78, 5) is 9.18. The van der Waals surface area contributed by atoms with Gasteiger partial charge in [-0.05, 0) is 6.07 Å². The smallest absolute Gasteiger partial charge is 0.211 e. The van der Waals surface area contributed by atoms with Crippen molar-refractivity contribution in [3.8, 4) is 0 Å². The molecule has 8 heteroatoms. The minimum Gasteiger partial charge on any atom is -0.386 e. The Labute approximate surface area is 143 Å². The molecule has 0 aliphatic carbocycles. The number of rotatable bonds is 5. The molecule has 1 saturated heterocycles. The largest absolute Gasteiger partial charge is 0.386 e. The molecule has 1 aliphatic heterocycles. The number of H-pyrrole nitrogens is 1.